The number of carboxylic acid groups (broad SMARTS) is 1. The molecule has 1 saturated carbocycles. The first-order chi connectivity index (χ1) is 14.4. The van der Waals surface area contributed by atoms with E-state index in [1.54, 1.807) is 36.5 Å². The molecule has 0 bridgehead atoms. The molecule has 2 aromatic carbocycles. The fraction of sp³-hybridized carbons (Fsp3) is 0.182. The lowest BCUT2D eigenvalue weighted by atomic mass is 10.2. The zero-order valence-corrected chi connectivity index (χ0v) is 17.5. The molecule has 1 fully saturated rings. The molecule has 8 heteroatoms. The molecule has 0 radical (unpaired) electrons. The molecule has 1 aliphatic rings. The summed E-state index contributed by atoms with van der Waals surface area (Å²) in [6.45, 7) is 1.92. The number of carboxylic acids is 1. The number of hydrogen-bond acceptors (Lipinski definition) is 3. The Hall–Kier alpha value is -2.77. The van der Waals surface area contributed by atoms with E-state index in [2.05, 4.69) is 5.10 Å². The molecule has 2 aromatic heterocycles. The summed E-state index contributed by atoms with van der Waals surface area (Å²) in [4.78, 5) is 12.9. The van der Waals surface area contributed by atoms with Gasteiger partial charge in [0, 0.05) is 27.1 Å². The molecule has 0 aliphatic heterocycles. The molecule has 1 N–H and O–H groups in total. The molecule has 5 rings (SSSR count). The van der Waals surface area contributed by atoms with Gasteiger partial charge in [-0.1, -0.05) is 29.4 Å². The number of carbonyl (C=O) groups is 1. The molecule has 4 aromatic rings. The summed E-state index contributed by atoms with van der Waals surface area (Å²) in [6, 6.07) is 10.5. The van der Waals surface area contributed by atoms with Gasteiger partial charge in [-0.3, -0.25) is 4.68 Å². The quantitative estimate of drug-likeness (QED) is 0.405. The predicted octanol–water partition coefficient (Wildman–Crippen LogP) is 6.11. The van der Waals surface area contributed by atoms with Crippen LogP contribution in [-0.4, -0.2) is 25.4 Å². The number of rotatable bonds is 5. The molecular weight excluding hydrogens is 425 g/mol. The third-order valence-corrected chi connectivity index (χ3v) is 6.77. The number of aromatic carboxylic acids is 1. The second kappa shape index (κ2) is 7.18. The van der Waals surface area contributed by atoms with Crippen LogP contribution in [0.25, 0.3) is 16.6 Å². The molecule has 5 nitrogen and oxygen atoms in total. The van der Waals surface area contributed by atoms with E-state index in [9.17, 15) is 9.90 Å². The number of benzene rings is 2. The van der Waals surface area contributed by atoms with Crippen molar-refractivity contribution in [2.24, 2.45) is 0 Å². The van der Waals surface area contributed by atoms with Crippen molar-refractivity contribution in [3.8, 4) is 5.69 Å². The highest BCUT2D eigenvalue weighted by Gasteiger charge is 2.26. The van der Waals surface area contributed by atoms with E-state index in [0.717, 1.165) is 39.4 Å². The Morgan fingerprint density at radius 1 is 1.30 bits per heavy atom. The average Bonchev–Trinajstić information content (AvgIpc) is 3.40. The van der Waals surface area contributed by atoms with Crippen molar-refractivity contribution in [3.63, 3.8) is 0 Å². The molecule has 152 valence electrons. The fourth-order valence-electron chi connectivity index (χ4n) is 3.65. The van der Waals surface area contributed by atoms with Crippen molar-refractivity contribution in [1.82, 2.24) is 14.3 Å². The number of hydrogen-bond donors (Lipinski definition) is 1. The van der Waals surface area contributed by atoms with Crippen LogP contribution >= 0.6 is 23.4 Å². The van der Waals surface area contributed by atoms with Crippen molar-refractivity contribution in [3.05, 3.63) is 70.9 Å². The van der Waals surface area contributed by atoms with E-state index in [-0.39, 0.29) is 10.6 Å². The third-order valence-electron chi connectivity index (χ3n) is 5.27. The summed E-state index contributed by atoms with van der Waals surface area (Å²) >= 11 is 7.52. The maximum atomic E-state index is 15.2. The summed E-state index contributed by atoms with van der Waals surface area (Å²) in [5, 5.41) is 14.5. The summed E-state index contributed by atoms with van der Waals surface area (Å²) in [5.41, 5.74) is 2.22. The van der Waals surface area contributed by atoms with E-state index in [0.29, 0.717) is 11.6 Å². The van der Waals surface area contributed by atoms with E-state index >= 15 is 4.39 Å². The molecule has 0 atom stereocenters. The highest BCUT2D eigenvalue weighted by Crippen LogP contribution is 2.42. The van der Waals surface area contributed by atoms with Crippen LogP contribution in [0.5, 0.6) is 0 Å². The molecule has 1 aliphatic carbocycles. The summed E-state index contributed by atoms with van der Waals surface area (Å²) in [6.07, 6.45) is 5.88. The first-order valence-electron chi connectivity index (χ1n) is 9.49. The molecule has 0 saturated heterocycles. The Morgan fingerprint density at radius 2 is 2.10 bits per heavy atom. The van der Waals surface area contributed by atoms with Gasteiger partial charge in [0.25, 0.3) is 0 Å². The average molecular weight is 442 g/mol. The van der Waals surface area contributed by atoms with Gasteiger partial charge in [-0.25, -0.2) is 9.18 Å². The van der Waals surface area contributed by atoms with Gasteiger partial charge in [-0.2, -0.15) is 5.10 Å². The van der Waals surface area contributed by atoms with Crippen LogP contribution in [0, 0.1) is 12.7 Å². The minimum absolute atomic E-state index is 0.0558. The van der Waals surface area contributed by atoms with Crippen LogP contribution in [0.15, 0.2) is 58.6 Å². The Bertz CT molecular complexity index is 1310. The van der Waals surface area contributed by atoms with Gasteiger partial charge in [-0.15, -0.1) is 0 Å². The van der Waals surface area contributed by atoms with Gasteiger partial charge in [0.05, 0.1) is 34.0 Å². The van der Waals surface area contributed by atoms with Crippen LogP contribution < -0.4 is 0 Å². The maximum Gasteiger partial charge on any atom is 0.335 e. The van der Waals surface area contributed by atoms with Crippen molar-refractivity contribution in [2.45, 2.75) is 35.6 Å². The minimum Gasteiger partial charge on any atom is -0.478 e. The topological polar surface area (TPSA) is 60.0 Å². The molecule has 0 unspecified atom stereocenters. The van der Waals surface area contributed by atoms with Crippen LogP contribution in [0.1, 0.15) is 34.9 Å². The zero-order chi connectivity index (χ0) is 21.0. The molecule has 30 heavy (non-hydrogen) atoms. The van der Waals surface area contributed by atoms with E-state index in [1.807, 2.05) is 28.4 Å². The SMILES string of the molecule is Cc1c(Sc2cccc(C(=O)O)c2)c2ccc(Cl)c(F)c2n1-c1cnn(C2CC2)c1. The van der Waals surface area contributed by atoms with Gasteiger partial charge in [0.2, 0.25) is 0 Å². The largest absolute Gasteiger partial charge is 0.478 e. The molecule has 2 heterocycles. The lowest BCUT2D eigenvalue weighted by molar-refractivity contribution is 0.0696. The Labute approximate surface area is 181 Å². The second-order valence-electron chi connectivity index (χ2n) is 7.35. The molecular formula is C22H17ClFN3O2S. The Balaban J connectivity index is 1.69. The Morgan fingerprint density at radius 3 is 2.83 bits per heavy atom. The molecule has 0 amide bonds. The summed E-state index contributed by atoms with van der Waals surface area (Å²) in [5.74, 6) is -1.47. The first-order valence-corrected chi connectivity index (χ1v) is 10.7. The van der Waals surface area contributed by atoms with E-state index < -0.39 is 11.8 Å². The number of fused-ring (bicyclic) bond motifs is 1. The van der Waals surface area contributed by atoms with Crippen LogP contribution in [0.4, 0.5) is 4.39 Å². The lowest BCUT2D eigenvalue weighted by Gasteiger charge is -2.07. The standard InChI is InChI=1S/C22H17ClFN3O2S/c1-12-21(30-16-4-2-3-13(9-16)22(28)29)17-7-8-18(23)19(24)20(17)27(12)15-10-25-26(11-15)14-5-6-14/h2-4,7-11,14H,5-6H2,1H3,(H,28,29). The van der Waals surface area contributed by atoms with Crippen LogP contribution in [-0.2, 0) is 0 Å². The number of nitrogens with zero attached hydrogens (tertiary/aromatic N) is 3. The van der Waals surface area contributed by atoms with Gasteiger partial charge in [-0.05, 0) is 50.1 Å². The predicted molar refractivity (Wildman–Crippen MR) is 115 cm³/mol. The highest BCUT2D eigenvalue weighted by molar-refractivity contribution is 7.99. The Kier molecular flexibility index (Phi) is 4.60. The highest BCUT2D eigenvalue weighted by atomic mass is 35.5. The molecule has 0 spiro atoms. The van der Waals surface area contributed by atoms with Crippen molar-refractivity contribution in [1.29, 1.82) is 0 Å². The van der Waals surface area contributed by atoms with Crippen LogP contribution in [0.3, 0.4) is 0 Å². The smallest absolute Gasteiger partial charge is 0.335 e. The van der Waals surface area contributed by atoms with Crippen molar-refractivity contribution >= 4 is 40.2 Å². The first kappa shape index (κ1) is 19.2. The van der Waals surface area contributed by atoms with E-state index in [1.165, 1.54) is 11.8 Å². The fourth-order valence-corrected chi connectivity index (χ4v) is 4.88. The maximum absolute atomic E-state index is 15.2. The minimum atomic E-state index is -0.984. The van der Waals surface area contributed by atoms with Crippen molar-refractivity contribution in [2.75, 3.05) is 0 Å². The van der Waals surface area contributed by atoms with Crippen molar-refractivity contribution < 1.29 is 14.3 Å². The second-order valence-corrected chi connectivity index (χ2v) is 8.84. The summed E-state index contributed by atoms with van der Waals surface area (Å²) in [7, 11) is 0. The van der Waals surface area contributed by atoms with Crippen LogP contribution in [0.2, 0.25) is 5.02 Å². The zero-order valence-electron chi connectivity index (χ0n) is 16.0. The van der Waals surface area contributed by atoms with Gasteiger partial charge < -0.3 is 9.67 Å². The summed E-state index contributed by atoms with van der Waals surface area (Å²) < 4.78 is 18.9. The lowest BCUT2D eigenvalue weighted by Crippen LogP contribution is -1.98. The number of aromatic nitrogens is 3. The number of halogens is 2. The normalized spacial score (nSPS) is 13.8. The third kappa shape index (κ3) is 3.18. The van der Waals surface area contributed by atoms with E-state index in [4.69, 9.17) is 11.6 Å². The monoisotopic (exact) mass is 441 g/mol. The van der Waals surface area contributed by atoms with Gasteiger partial charge >= 0.3 is 5.97 Å². The van der Waals surface area contributed by atoms with Gasteiger partial charge in [0.15, 0.2) is 5.82 Å². The van der Waals surface area contributed by atoms with Gasteiger partial charge in [0.1, 0.15) is 0 Å².